The number of aromatic hydroxyl groups is 1. The average molecular weight is 789 g/mol. The molecule has 304 valence electrons. The second-order valence-electron chi connectivity index (χ2n) is 20.6. The highest BCUT2D eigenvalue weighted by Gasteiger charge is 2.29. The minimum atomic E-state index is -0.284. The van der Waals surface area contributed by atoms with Crippen LogP contribution in [0.2, 0.25) is 0 Å². The van der Waals surface area contributed by atoms with Gasteiger partial charge in [-0.05, 0) is 96.5 Å². The Balaban J connectivity index is 1.51. The summed E-state index contributed by atoms with van der Waals surface area (Å²) in [6.07, 6.45) is 1.89. The molecule has 0 aliphatic rings. The summed E-state index contributed by atoms with van der Waals surface area (Å²) in [4.78, 5) is 10.4. The fourth-order valence-electron chi connectivity index (χ4n) is 8.04. The zero-order chi connectivity index (χ0) is 43.2. The fraction of sp³-hybridized carbons (Fsp3) is 0.286. The molecule has 3 nitrogen and oxygen atoms in total. The Kier molecular flexibility index (Phi) is 11.3. The smallest absolute Gasteiger partial charge is 0.265 e. The van der Waals surface area contributed by atoms with Crippen molar-refractivity contribution in [3.8, 4) is 50.5 Å². The molecule has 0 spiro atoms. The van der Waals surface area contributed by atoms with E-state index in [9.17, 15) is 5.11 Å². The predicted octanol–water partition coefficient (Wildman–Crippen LogP) is 12.6. The molecular formula is C56H61BN2O. The molecule has 0 amide bonds. The van der Waals surface area contributed by atoms with Crippen LogP contribution in [0.1, 0.15) is 105 Å². The van der Waals surface area contributed by atoms with Crippen LogP contribution in [0.3, 0.4) is 0 Å². The topological polar surface area (TPSA) is 46.0 Å². The Hall–Kier alpha value is -5.74. The lowest BCUT2D eigenvalue weighted by molar-refractivity contribution is 0.446. The van der Waals surface area contributed by atoms with Crippen LogP contribution in [0.5, 0.6) is 5.75 Å². The molecule has 0 fully saturated rings. The summed E-state index contributed by atoms with van der Waals surface area (Å²) < 4.78 is 0. The van der Waals surface area contributed by atoms with E-state index in [-0.39, 0.29) is 34.1 Å². The minimum absolute atomic E-state index is 0.0551. The van der Waals surface area contributed by atoms with Gasteiger partial charge in [0.15, 0.2) is 0 Å². The number of phenols is 1. The van der Waals surface area contributed by atoms with Gasteiger partial charge in [0.1, 0.15) is 5.75 Å². The summed E-state index contributed by atoms with van der Waals surface area (Å²) in [5.74, 6) is 0.284. The van der Waals surface area contributed by atoms with Crippen LogP contribution in [-0.2, 0) is 21.7 Å². The first-order valence-corrected chi connectivity index (χ1v) is 21.4. The second-order valence-corrected chi connectivity index (χ2v) is 20.6. The van der Waals surface area contributed by atoms with Gasteiger partial charge < -0.3 is 5.11 Å². The van der Waals surface area contributed by atoms with Gasteiger partial charge in [-0.15, -0.1) is 0 Å². The van der Waals surface area contributed by atoms with Crippen molar-refractivity contribution in [2.24, 2.45) is 0 Å². The summed E-state index contributed by atoms with van der Waals surface area (Å²) in [6, 6.07) is 50.1. The molecule has 60 heavy (non-hydrogen) atoms. The van der Waals surface area contributed by atoms with Gasteiger partial charge in [0.25, 0.3) is 6.71 Å². The van der Waals surface area contributed by atoms with Crippen LogP contribution in [-0.4, -0.2) is 21.8 Å². The SMILES string of the molecule is CC(C)(C)c1cc(-c2cc(-c3cccc(B(c4ccccn4)c4ccccc4-c4ccccc4)c3)nc(-c3cc(C(C)(C)C)cc(C(C)(C)C)c3O)c2)cc(C(C)(C)C)c1. The van der Waals surface area contributed by atoms with Crippen LogP contribution >= 0.6 is 0 Å². The molecule has 0 bridgehead atoms. The van der Waals surface area contributed by atoms with Gasteiger partial charge in [0, 0.05) is 22.9 Å². The largest absolute Gasteiger partial charge is 0.507 e. The number of phenolic OH excluding ortho intramolecular Hbond substituents is 1. The molecule has 0 aliphatic heterocycles. The Morgan fingerprint density at radius 1 is 0.433 bits per heavy atom. The van der Waals surface area contributed by atoms with E-state index >= 15 is 0 Å². The molecule has 0 radical (unpaired) electrons. The van der Waals surface area contributed by atoms with E-state index in [4.69, 9.17) is 9.97 Å². The lowest BCUT2D eigenvalue weighted by Crippen LogP contribution is -2.53. The predicted molar refractivity (Wildman–Crippen MR) is 258 cm³/mol. The van der Waals surface area contributed by atoms with E-state index < -0.39 is 0 Å². The highest BCUT2D eigenvalue weighted by molar-refractivity contribution is 6.95. The Bertz CT molecular complexity index is 2600. The minimum Gasteiger partial charge on any atom is -0.507 e. The standard InChI is InChI=1S/C56H61BN2O/c1-53(2,3)41-29-39(30-42(34-41)54(4,5)6)40-32-49(59-50(33-40)46-35-43(55(7,8)9)36-47(52(46)60)56(10,11)12)38-23-20-24-44(31-38)57(51-27-18-19-28-58-51)48-26-17-16-25-45(48)37-21-14-13-15-22-37/h13-36,60H,1-12H3. The maximum absolute atomic E-state index is 12.2. The number of nitrogens with zero attached hydrogens (tertiary/aromatic N) is 2. The van der Waals surface area contributed by atoms with Crippen LogP contribution in [0.15, 0.2) is 146 Å². The zero-order valence-corrected chi connectivity index (χ0v) is 37.8. The van der Waals surface area contributed by atoms with E-state index in [1.54, 1.807) is 0 Å². The van der Waals surface area contributed by atoms with Crippen molar-refractivity contribution in [3.63, 3.8) is 0 Å². The molecule has 0 atom stereocenters. The van der Waals surface area contributed by atoms with Gasteiger partial charge in [-0.25, -0.2) is 4.98 Å². The molecule has 0 unspecified atom stereocenters. The van der Waals surface area contributed by atoms with Gasteiger partial charge in [-0.2, -0.15) is 0 Å². The third-order valence-electron chi connectivity index (χ3n) is 11.7. The van der Waals surface area contributed by atoms with Crippen LogP contribution < -0.4 is 16.5 Å². The van der Waals surface area contributed by atoms with Crippen molar-refractivity contribution in [3.05, 3.63) is 168 Å². The first-order valence-electron chi connectivity index (χ1n) is 21.4. The third-order valence-corrected chi connectivity index (χ3v) is 11.7. The lowest BCUT2D eigenvalue weighted by Gasteiger charge is -2.28. The van der Waals surface area contributed by atoms with E-state index in [2.05, 4.69) is 217 Å². The second kappa shape index (κ2) is 16.0. The average Bonchev–Trinajstić information content (AvgIpc) is 3.20. The summed E-state index contributed by atoms with van der Waals surface area (Å²) in [6.45, 7) is 26.8. The van der Waals surface area contributed by atoms with Crippen molar-refractivity contribution < 1.29 is 5.11 Å². The van der Waals surface area contributed by atoms with Crippen molar-refractivity contribution >= 4 is 23.2 Å². The number of hydrogen-bond donors (Lipinski definition) is 1. The number of pyridine rings is 2. The van der Waals surface area contributed by atoms with Gasteiger partial charge in [-0.1, -0.05) is 203 Å². The Morgan fingerprint density at radius 2 is 1.00 bits per heavy atom. The van der Waals surface area contributed by atoms with Crippen LogP contribution in [0.25, 0.3) is 44.8 Å². The first kappa shape index (κ1) is 42.4. The number of rotatable bonds is 7. The summed E-state index contributed by atoms with van der Waals surface area (Å²) >= 11 is 0. The van der Waals surface area contributed by atoms with Gasteiger partial charge in [0.05, 0.1) is 11.4 Å². The summed E-state index contributed by atoms with van der Waals surface area (Å²) in [7, 11) is 0. The van der Waals surface area contributed by atoms with E-state index in [1.807, 2.05) is 12.3 Å². The van der Waals surface area contributed by atoms with Crippen molar-refractivity contribution in [1.82, 2.24) is 9.97 Å². The number of aromatic nitrogens is 2. The summed E-state index contributed by atoms with van der Waals surface area (Å²) in [5.41, 5.74) is 15.3. The molecule has 7 aromatic rings. The maximum Gasteiger partial charge on any atom is 0.265 e. The number of benzene rings is 5. The van der Waals surface area contributed by atoms with Gasteiger partial charge >= 0.3 is 0 Å². The van der Waals surface area contributed by atoms with Crippen molar-refractivity contribution in [2.75, 3.05) is 0 Å². The molecule has 0 saturated heterocycles. The van der Waals surface area contributed by atoms with E-state index in [1.165, 1.54) is 27.7 Å². The highest BCUT2D eigenvalue weighted by atomic mass is 16.3. The van der Waals surface area contributed by atoms with E-state index in [0.29, 0.717) is 0 Å². The number of hydrogen-bond acceptors (Lipinski definition) is 3. The van der Waals surface area contributed by atoms with Crippen molar-refractivity contribution in [1.29, 1.82) is 0 Å². The highest BCUT2D eigenvalue weighted by Crippen LogP contribution is 2.43. The third kappa shape index (κ3) is 9.04. The quantitative estimate of drug-likeness (QED) is 0.164. The maximum atomic E-state index is 12.2. The van der Waals surface area contributed by atoms with Gasteiger partial charge in [-0.3, -0.25) is 4.98 Å². The van der Waals surface area contributed by atoms with Crippen molar-refractivity contribution in [2.45, 2.75) is 105 Å². The van der Waals surface area contributed by atoms with Crippen LogP contribution in [0, 0.1) is 0 Å². The Morgan fingerprint density at radius 3 is 1.62 bits per heavy atom. The molecule has 5 aromatic carbocycles. The van der Waals surface area contributed by atoms with Gasteiger partial charge in [0.2, 0.25) is 0 Å². The molecular weight excluding hydrogens is 727 g/mol. The fourth-order valence-corrected chi connectivity index (χ4v) is 8.04. The summed E-state index contributed by atoms with van der Waals surface area (Å²) in [5, 5.41) is 12.2. The molecule has 0 aliphatic carbocycles. The van der Waals surface area contributed by atoms with E-state index in [0.717, 1.165) is 55.8 Å². The molecule has 1 N–H and O–H groups in total. The first-order chi connectivity index (χ1) is 28.2. The Labute approximate surface area is 360 Å². The molecule has 7 rings (SSSR count). The molecule has 2 heterocycles. The normalized spacial score (nSPS) is 12.4. The monoisotopic (exact) mass is 788 g/mol. The zero-order valence-electron chi connectivity index (χ0n) is 37.8. The lowest BCUT2D eigenvalue weighted by atomic mass is 9.37. The molecule has 4 heteroatoms. The molecule has 2 aromatic heterocycles. The van der Waals surface area contributed by atoms with Crippen LogP contribution in [0.4, 0.5) is 0 Å². The molecule has 0 saturated carbocycles.